The third-order valence-electron chi connectivity index (χ3n) is 3.77. The van der Waals surface area contributed by atoms with Crippen LogP contribution in [0.5, 0.6) is 0 Å². The number of imidazole rings is 1. The lowest BCUT2D eigenvalue weighted by Gasteiger charge is -2.11. The largest absolute Gasteiger partial charge is 0.392 e. The molecular weight excluding hydrogens is 298 g/mol. The highest BCUT2D eigenvalue weighted by Crippen LogP contribution is 2.16. The van der Waals surface area contributed by atoms with Crippen LogP contribution in [0.4, 0.5) is 5.95 Å². The number of aliphatic hydroxyl groups excluding tert-OH is 1. The van der Waals surface area contributed by atoms with Crippen molar-refractivity contribution in [3.05, 3.63) is 20.8 Å². The highest BCUT2D eigenvalue weighted by atomic mass is 16.3. The van der Waals surface area contributed by atoms with Crippen LogP contribution in [0, 0.1) is 0 Å². The first kappa shape index (κ1) is 17.3. The van der Waals surface area contributed by atoms with Crippen molar-refractivity contribution in [1.29, 1.82) is 0 Å². The summed E-state index contributed by atoms with van der Waals surface area (Å²) < 4.78 is 2.94. The Morgan fingerprint density at radius 3 is 2.70 bits per heavy atom. The van der Waals surface area contributed by atoms with E-state index in [4.69, 9.17) is 0 Å². The maximum atomic E-state index is 12.1. The molecule has 2 aromatic rings. The first-order valence-electron chi connectivity index (χ1n) is 8.07. The Morgan fingerprint density at radius 1 is 1.30 bits per heavy atom. The smallest absolute Gasteiger partial charge is 0.329 e. The molecule has 0 aromatic carbocycles. The van der Waals surface area contributed by atoms with Crippen LogP contribution in [0.15, 0.2) is 9.59 Å². The predicted octanol–water partition coefficient (Wildman–Crippen LogP) is 0.796. The standard InChI is InChI=1S/C15H25N5O3/c1-4-5-6-7-8-16-14-17-12-11(20(14)9-10(2)21)13(22)18-15(23)19(12)3/h10,21H,4-9H2,1-3H3,(H,16,17)(H,18,22,23)/t10-/m1/s1. The summed E-state index contributed by atoms with van der Waals surface area (Å²) in [6.07, 6.45) is 3.84. The number of fused-ring (bicyclic) bond motifs is 1. The molecule has 3 N–H and O–H groups in total. The maximum Gasteiger partial charge on any atom is 0.329 e. The van der Waals surface area contributed by atoms with E-state index < -0.39 is 17.4 Å². The molecule has 0 saturated heterocycles. The summed E-state index contributed by atoms with van der Waals surface area (Å²) >= 11 is 0. The van der Waals surface area contributed by atoms with Crippen molar-refractivity contribution >= 4 is 17.1 Å². The number of aromatic nitrogens is 4. The van der Waals surface area contributed by atoms with Gasteiger partial charge in [0.1, 0.15) is 0 Å². The van der Waals surface area contributed by atoms with Gasteiger partial charge in [0.15, 0.2) is 11.2 Å². The van der Waals surface area contributed by atoms with Gasteiger partial charge in [0, 0.05) is 13.6 Å². The third-order valence-corrected chi connectivity index (χ3v) is 3.77. The number of nitrogens with zero attached hydrogens (tertiary/aromatic N) is 3. The van der Waals surface area contributed by atoms with Crippen LogP contribution >= 0.6 is 0 Å². The van der Waals surface area contributed by atoms with Gasteiger partial charge in [-0.3, -0.25) is 14.3 Å². The van der Waals surface area contributed by atoms with Crippen molar-refractivity contribution in [3.63, 3.8) is 0 Å². The summed E-state index contributed by atoms with van der Waals surface area (Å²) in [6, 6.07) is 0. The predicted molar refractivity (Wildman–Crippen MR) is 89.9 cm³/mol. The summed E-state index contributed by atoms with van der Waals surface area (Å²) in [6.45, 7) is 4.76. The molecule has 0 aliphatic carbocycles. The molecule has 0 unspecified atom stereocenters. The van der Waals surface area contributed by atoms with Crippen molar-refractivity contribution in [3.8, 4) is 0 Å². The van der Waals surface area contributed by atoms with Gasteiger partial charge in [0.05, 0.1) is 12.6 Å². The number of unbranched alkanes of at least 4 members (excludes halogenated alkanes) is 3. The van der Waals surface area contributed by atoms with E-state index in [2.05, 4.69) is 22.2 Å². The topological polar surface area (TPSA) is 105 Å². The maximum absolute atomic E-state index is 12.1. The highest BCUT2D eigenvalue weighted by molar-refractivity contribution is 5.74. The van der Waals surface area contributed by atoms with Crippen LogP contribution in [0.25, 0.3) is 11.2 Å². The first-order chi connectivity index (χ1) is 11.0. The van der Waals surface area contributed by atoms with Gasteiger partial charge in [0.25, 0.3) is 5.56 Å². The van der Waals surface area contributed by atoms with Crippen LogP contribution in [0.1, 0.15) is 39.5 Å². The molecule has 2 heterocycles. The van der Waals surface area contributed by atoms with Crippen LogP contribution < -0.4 is 16.6 Å². The average Bonchev–Trinajstić information content (AvgIpc) is 2.83. The minimum atomic E-state index is -0.635. The Labute approximate surface area is 134 Å². The number of anilines is 1. The fourth-order valence-electron chi connectivity index (χ4n) is 2.56. The van der Waals surface area contributed by atoms with Crippen molar-refractivity contribution in [2.24, 2.45) is 7.05 Å². The summed E-state index contributed by atoms with van der Waals surface area (Å²) in [4.78, 5) is 30.5. The summed E-state index contributed by atoms with van der Waals surface area (Å²) in [5.41, 5.74) is -0.381. The molecule has 2 rings (SSSR count). The zero-order valence-electron chi connectivity index (χ0n) is 13.9. The third kappa shape index (κ3) is 3.82. The Hall–Kier alpha value is -2.09. The van der Waals surface area contributed by atoms with Crippen LogP contribution in [0.2, 0.25) is 0 Å². The van der Waals surface area contributed by atoms with E-state index in [1.807, 2.05) is 0 Å². The molecule has 0 aliphatic rings. The second-order valence-corrected chi connectivity index (χ2v) is 5.87. The number of rotatable bonds is 8. The van der Waals surface area contributed by atoms with Gasteiger partial charge < -0.3 is 15.0 Å². The fraction of sp³-hybridized carbons (Fsp3) is 0.667. The van der Waals surface area contributed by atoms with Crippen molar-refractivity contribution in [2.45, 2.75) is 52.2 Å². The fourth-order valence-corrected chi connectivity index (χ4v) is 2.56. The number of hydrogen-bond acceptors (Lipinski definition) is 5. The lowest BCUT2D eigenvalue weighted by Crippen LogP contribution is -2.29. The van der Waals surface area contributed by atoms with Gasteiger partial charge >= 0.3 is 5.69 Å². The van der Waals surface area contributed by atoms with E-state index in [1.165, 1.54) is 11.0 Å². The van der Waals surface area contributed by atoms with Gasteiger partial charge in [-0.25, -0.2) is 4.79 Å². The molecule has 0 aliphatic heterocycles. The lowest BCUT2D eigenvalue weighted by molar-refractivity contribution is 0.175. The minimum Gasteiger partial charge on any atom is -0.392 e. The molecule has 8 nitrogen and oxygen atoms in total. The van der Waals surface area contributed by atoms with Gasteiger partial charge in [-0.1, -0.05) is 26.2 Å². The number of aliphatic hydroxyl groups is 1. The van der Waals surface area contributed by atoms with E-state index in [9.17, 15) is 14.7 Å². The zero-order valence-corrected chi connectivity index (χ0v) is 13.9. The van der Waals surface area contributed by atoms with Crippen molar-refractivity contribution in [2.75, 3.05) is 11.9 Å². The van der Waals surface area contributed by atoms with E-state index in [0.29, 0.717) is 17.1 Å². The second-order valence-electron chi connectivity index (χ2n) is 5.87. The number of aromatic amines is 1. The monoisotopic (exact) mass is 323 g/mol. The molecule has 8 heteroatoms. The lowest BCUT2D eigenvalue weighted by atomic mass is 10.2. The minimum absolute atomic E-state index is 0.231. The van der Waals surface area contributed by atoms with E-state index in [0.717, 1.165) is 25.8 Å². The molecule has 2 aromatic heterocycles. The average molecular weight is 323 g/mol. The molecule has 23 heavy (non-hydrogen) atoms. The normalized spacial score (nSPS) is 12.7. The van der Waals surface area contributed by atoms with Crippen molar-refractivity contribution < 1.29 is 5.11 Å². The van der Waals surface area contributed by atoms with Crippen LogP contribution in [-0.2, 0) is 13.6 Å². The van der Waals surface area contributed by atoms with E-state index in [-0.39, 0.29) is 6.54 Å². The van der Waals surface area contributed by atoms with Gasteiger partial charge in [-0.2, -0.15) is 4.98 Å². The highest BCUT2D eigenvalue weighted by Gasteiger charge is 2.18. The van der Waals surface area contributed by atoms with Crippen LogP contribution in [-0.4, -0.2) is 36.9 Å². The molecule has 0 spiro atoms. The molecule has 128 valence electrons. The molecule has 0 radical (unpaired) electrons. The van der Waals surface area contributed by atoms with E-state index in [1.54, 1.807) is 18.5 Å². The zero-order chi connectivity index (χ0) is 17.0. The number of aryl methyl sites for hydroxylation is 1. The SMILES string of the molecule is CCCCCCNc1nc2c(c(=O)[nH]c(=O)n2C)n1C[C@@H](C)O. The number of H-pyrrole nitrogens is 1. The van der Waals surface area contributed by atoms with Gasteiger partial charge in [-0.05, 0) is 13.3 Å². The second kappa shape index (κ2) is 7.45. The summed E-state index contributed by atoms with van der Waals surface area (Å²) in [5.74, 6) is 0.504. The molecule has 0 bridgehead atoms. The van der Waals surface area contributed by atoms with Gasteiger partial charge in [-0.15, -0.1) is 0 Å². The Bertz CT molecular complexity index is 772. The van der Waals surface area contributed by atoms with Crippen LogP contribution in [0.3, 0.4) is 0 Å². The first-order valence-corrected chi connectivity index (χ1v) is 8.07. The quantitative estimate of drug-likeness (QED) is 0.623. The Balaban J connectivity index is 2.38. The molecular formula is C15H25N5O3. The number of nitrogens with one attached hydrogen (secondary N) is 2. The summed E-state index contributed by atoms with van der Waals surface area (Å²) in [5, 5.41) is 12.9. The van der Waals surface area contributed by atoms with Crippen molar-refractivity contribution in [1.82, 2.24) is 19.1 Å². The summed E-state index contributed by atoms with van der Waals surface area (Å²) in [7, 11) is 1.56. The Morgan fingerprint density at radius 2 is 2.04 bits per heavy atom. The molecule has 0 amide bonds. The van der Waals surface area contributed by atoms with E-state index >= 15 is 0 Å². The Kier molecular flexibility index (Phi) is 5.59. The molecule has 0 saturated carbocycles. The molecule has 1 atom stereocenters. The van der Waals surface area contributed by atoms with Gasteiger partial charge in [0.2, 0.25) is 5.95 Å². The molecule has 0 fully saturated rings. The number of hydrogen-bond donors (Lipinski definition) is 3.